The average molecular weight is 383 g/mol. The van der Waals surface area contributed by atoms with Crippen LogP contribution in [-0.2, 0) is 4.74 Å². The Bertz CT molecular complexity index is 941. The third-order valence-electron chi connectivity index (χ3n) is 5.28. The number of benzene rings is 3. The first kappa shape index (κ1) is 19.3. The second-order valence-electron chi connectivity index (χ2n) is 7.41. The number of ether oxygens (including phenoxy) is 2. The van der Waals surface area contributed by atoms with Gasteiger partial charge < -0.3 is 9.47 Å². The summed E-state index contributed by atoms with van der Waals surface area (Å²) in [6, 6.07) is 26.6. The quantitative estimate of drug-likeness (QED) is 0.373. The molecule has 0 bridgehead atoms. The average Bonchev–Trinajstić information content (AvgIpc) is 2.80. The number of hydrogen-bond donors (Lipinski definition) is 0. The third-order valence-corrected chi connectivity index (χ3v) is 5.28. The van der Waals surface area contributed by atoms with Crippen LogP contribution in [0, 0.1) is 11.8 Å². The van der Waals surface area contributed by atoms with E-state index in [0.29, 0.717) is 12.9 Å². The van der Waals surface area contributed by atoms with E-state index in [1.807, 2.05) is 30.3 Å². The van der Waals surface area contributed by atoms with Gasteiger partial charge in [-0.25, -0.2) is 0 Å². The highest BCUT2D eigenvalue weighted by atomic mass is 16.7. The molecule has 1 aliphatic rings. The SMILES string of the molecule is C(#Cc1ccc(-c2ccccc2)cc1)c1ccc(OCOC2CCCCC2)cc1. The summed E-state index contributed by atoms with van der Waals surface area (Å²) in [5, 5.41) is 0. The van der Waals surface area contributed by atoms with E-state index in [4.69, 9.17) is 9.47 Å². The van der Waals surface area contributed by atoms with Crippen LogP contribution < -0.4 is 4.74 Å². The summed E-state index contributed by atoms with van der Waals surface area (Å²) in [6.07, 6.45) is 6.55. The van der Waals surface area contributed by atoms with Crippen LogP contribution in [-0.4, -0.2) is 12.9 Å². The molecule has 0 N–H and O–H groups in total. The van der Waals surface area contributed by atoms with E-state index in [-0.39, 0.29) is 0 Å². The van der Waals surface area contributed by atoms with Gasteiger partial charge in [-0.15, -0.1) is 0 Å². The fourth-order valence-corrected chi connectivity index (χ4v) is 3.59. The molecule has 0 spiro atoms. The van der Waals surface area contributed by atoms with Gasteiger partial charge in [-0.05, 0) is 60.4 Å². The van der Waals surface area contributed by atoms with Crippen molar-refractivity contribution < 1.29 is 9.47 Å². The molecule has 2 nitrogen and oxygen atoms in total. The maximum absolute atomic E-state index is 5.81. The monoisotopic (exact) mass is 382 g/mol. The number of hydrogen-bond acceptors (Lipinski definition) is 2. The zero-order chi connectivity index (χ0) is 19.7. The van der Waals surface area contributed by atoms with E-state index in [2.05, 4.69) is 60.4 Å². The Morgan fingerprint density at radius 1 is 0.655 bits per heavy atom. The van der Waals surface area contributed by atoms with Crippen LogP contribution in [0.15, 0.2) is 78.9 Å². The predicted octanol–water partition coefficient (Wildman–Crippen LogP) is 6.44. The van der Waals surface area contributed by atoms with Crippen LogP contribution in [0.2, 0.25) is 0 Å². The van der Waals surface area contributed by atoms with E-state index in [1.165, 1.54) is 30.4 Å². The minimum Gasteiger partial charge on any atom is -0.468 e. The first-order chi connectivity index (χ1) is 14.4. The Morgan fingerprint density at radius 3 is 1.90 bits per heavy atom. The molecule has 0 atom stereocenters. The summed E-state index contributed by atoms with van der Waals surface area (Å²) in [7, 11) is 0. The molecular weight excluding hydrogens is 356 g/mol. The molecule has 0 heterocycles. The van der Waals surface area contributed by atoms with Crippen molar-refractivity contribution in [2.45, 2.75) is 38.2 Å². The highest BCUT2D eigenvalue weighted by molar-refractivity contribution is 5.64. The van der Waals surface area contributed by atoms with Crippen molar-refractivity contribution in [3.05, 3.63) is 90.0 Å². The molecule has 146 valence electrons. The minimum absolute atomic E-state index is 0.323. The first-order valence-electron chi connectivity index (χ1n) is 10.4. The lowest BCUT2D eigenvalue weighted by Crippen LogP contribution is -2.19. The molecule has 0 unspecified atom stereocenters. The highest BCUT2D eigenvalue weighted by Crippen LogP contribution is 2.21. The van der Waals surface area contributed by atoms with Crippen LogP contribution in [0.4, 0.5) is 0 Å². The fraction of sp³-hybridized carbons (Fsp3) is 0.259. The third kappa shape index (κ3) is 5.73. The Hall–Kier alpha value is -3.02. The summed E-state index contributed by atoms with van der Waals surface area (Å²) in [5.74, 6) is 7.27. The molecule has 0 radical (unpaired) electrons. The zero-order valence-electron chi connectivity index (χ0n) is 16.6. The van der Waals surface area contributed by atoms with Crippen molar-refractivity contribution in [2.75, 3.05) is 6.79 Å². The Morgan fingerprint density at radius 2 is 1.24 bits per heavy atom. The Labute approximate surface area is 173 Å². The molecule has 3 aromatic rings. The smallest absolute Gasteiger partial charge is 0.189 e. The molecule has 0 amide bonds. The summed E-state index contributed by atoms with van der Waals surface area (Å²) >= 11 is 0. The normalized spacial score (nSPS) is 14.1. The summed E-state index contributed by atoms with van der Waals surface area (Å²) in [4.78, 5) is 0. The van der Waals surface area contributed by atoms with Gasteiger partial charge in [-0.1, -0.05) is 73.6 Å². The lowest BCUT2D eigenvalue weighted by molar-refractivity contribution is -0.0496. The largest absolute Gasteiger partial charge is 0.468 e. The maximum Gasteiger partial charge on any atom is 0.189 e. The second kappa shape index (κ2) is 9.96. The van der Waals surface area contributed by atoms with Crippen LogP contribution >= 0.6 is 0 Å². The van der Waals surface area contributed by atoms with Gasteiger partial charge in [0.25, 0.3) is 0 Å². The second-order valence-corrected chi connectivity index (χ2v) is 7.41. The molecule has 0 aliphatic heterocycles. The van der Waals surface area contributed by atoms with Gasteiger partial charge in [0, 0.05) is 11.1 Å². The summed E-state index contributed by atoms with van der Waals surface area (Å²) < 4.78 is 11.5. The van der Waals surface area contributed by atoms with E-state index < -0.39 is 0 Å². The fourth-order valence-electron chi connectivity index (χ4n) is 3.59. The summed E-state index contributed by atoms with van der Waals surface area (Å²) in [5.41, 5.74) is 4.40. The summed E-state index contributed by atoms with van der Waals surface area (Å²) in [6.45, 7) is 0.323. The van der Waals surface area contributed by atoms with Crippen LogP contribution in [0.1, 0.15) is 43.2 Å². The van der Waals surface area contributed by atoms with Crippen LogP contribution in [0.3, 0.4) is 0 Å². The lowest BCUT2D eigenvalue weighted by atomic mass is 9.98. The van der Waals surface area contributed by atoms with E-state index >= 15 is 0 Å². The first-order valence-corrected chi connectivity index (χ1v) is 10.4. The Kier molecular flexibility index (Phi) is 6.63. The standard InChI is InChI=1S/C27H26O2/c1-3-7-24(8-4-1)25-17-13-22(14-18-25)11-12-23-15-19-27(20-16-23)29-21-28-26-9-5-2-6-10-26/h1,3-4,7-8,13-20,26H,2,5-6,9-10,21H2. The van der Waals surface area contributed by atoms with Crippen molar-refractivity contribution in [1.29, 1.82) is 0 Å². The van der Waals surface area contributed by atoms with Crippen LogP contribution in [0.5, 0.6) is 5.75 Å². The molecular formula is C27H26O2. The van der Waals surface area contributed by atoms with Gasteiger partial charge in [0.15, 0.2) is 6.79 Å². The van der Waals surface area contributed by atoms with Gasteiger partial charge in [0.05, 0.1) is 6.10 Å². The van der Waals surface area contributed by atoms with E-state index in [1.54, 1.807) is 0 Å². The molecule has 2 heteroatoms. The molecule has 0 aromatic heterocycles. The molecule has 1 saturated carbocycles. The van der Waals surface area contributed by atoms with Crippen molar-refractivity contribution in [3.8, 4) is 28.7 Å². The van der Waals surface area contributed by atoms with Crippen molar-refractivity contribution in [3.63, 3.8) is 0 Å². The van der Waals surface area contributed by atoms with Crippen molar-refractivity contribution in [1.82, 2.24) is 0 Å². The number of rotatable bonds is 5. The van der Waals surface area contributed by atoms with E-state index in [9.17, 15) is 0 Å². The Balaban J connectivity index is 1.30. The molecule has 3 aromatic carbocycles. The van der Waals surface area contributed by atoms with Gasteiger partial charge in [-0.2, -0.15) is 0 Å². The van der Waals surface area contributed by atoms with Gasteiger partial charge in [-0.3, -0.25) is 0 Å². The van der Waals surface area contributed by atoms with Crippen LogP contribution in [0.25, 0.3) is 11.1 Å². The van der Waals surface area contributed by atoms with Gasteiger partial charge >= 0.3 is 0 Å². The van der Waals surface area contributed by atoms with Gasteiger partial charge in [0.1, 0.15) is 5.75 Å². The highest BCUT2D eigenvalue weighted by Gasteiger charge is 2.13. The topological polar surface area (TPSA) is 18.5 Å². The molecule has 1 fully saturated rings. The lowest BCUT2D eigenvalue weighted by Gasteiger charge is -2.21. The van der Waals surface area contributed by atoms with Crippen molar-refractivity contribution in [2.24, 2.45) is 0 Å². The zero-order valence-corrected chi connectivity index (χ0v) is 16.6. The van der Waals surface area contributed by atoms with E-state index in [0.717, 1.165) is 29.7 Å². The molecule has 1 aliphatic carbocycles. The minimum atomic E-state index is 0.323. The molecule has 29 heavy (non-hydrogen) atoms. The van der Waals surface area contributed by atoms with Gasteiger partial charge in [0.2, 0.25) is 0 Å². The maximum atomic E-state index is 5.81. The van der Waals surface area contributed by atoms with Crippen molar-refractivity contribution >= 4 is 0 Å². The molecule has 0 saturated heterocycles. The predicted molar refractivity (Wildman–Crippen MR) is 118 cm³/mol. The molecule has 4 rings (SSSR count).